The molecule has 0 aliphatic carbocycles. The molecule has 0 amide bonds. The maximum Gasteiger partial charge on any atom is 0.137 e. The van der Waals surface area contributed by atoms with Crippen LogP contribution in [0.1, 0.15) is 26.0 Å². The van der Waals surface area contributed by atoms with E-state index in [9.17, 15) is 0 Å². The Morgan fingerprint density at radius 2 is 2.00 bits per heavy atom. The number of halogens is 2. The Balaban J connectivity index is 0.00000242. The number of ether oxygens (including phenoxy) is 1. The highest BCUT2D eigenvalue weighted by atomic mass is 35.5. The van der Waals surface area contributed by atoms with E-state index in [-0.39, 0.29) is 12.4 Å². The van der Waals surface area contributed by atoms with E-state index in [2.05, 4.69) is 19.2 Å². The summed E-state index contributed by atoms with van der Waals surface area (Å²) in [5.74, 6) is 3.13. The molecule has 2 rings (SSSR count). The van der Waals surface area contributed by atoms with Crippen molar-refractivity contribution in [2.75, 3.05) is 13.7 Å². The van der Waals surface area contributed by atoms with E-state index in [1.165, 1.54) is 6.42 Å². The smallest absolute Gasteiger partial charge is 0.137 e. The van der Waals surface area contributed by atoms with E-state index in [4.69, 9.17) is 20.8 Å². The van der Waals surface area contributed by atoms with Crippen LogP contribution in [0.2, 0.25) is 5.02 Å². The Morgan fingerprint density at radius 1 is 1.23 bits per heavy atom. The quantitative estimate of drug-likeness (QED) is 0.704. The minimum atomic E-state index is 0. The summed E-state index contributed by atoms with van der Waals surface area (Å²) in [5.41, 5.74) is 0.953. The predicted octanol–water partition coefficient (Wildman–Crippen LogP) is 5.17. The number of hydrogen-bond acceptors (Lipinski definition) is 3. The molecule has 0 unspecified atom stereocenters. The predicted molar refractivity (Wildman–Crippen MR) is 94.1 cm³/mol. The van der Waals surface area contributed by atoms with Crippen LogP contribution in [0.3, 0.4) is 0 Å². The van der Waals surface area contributed by atoms with Crippen molar-refractivity contribution < 1.29 is 9.15 Å². The third-order valence-corrected chi connectivity index (χ3v) is 3.59. The summed E-state index contributed by atoms with van der Waals surface area (Å²) in [5, 5.41) is 3.97. The van der Waals surface area contributed by atoms with Gasteiger partial charge in [-0.05, 0) is 49.2 Å². The van der Waals surface area contributed by atoms with Gasteiger partial charge in [0.15, 0.2) is 0 Å². The SMILES string of the molecule is COc1ccc(-c2ccc(CNCCC(C)C)o2)cc1Cl.Cl. The van der Waals surface area contributed by atoms with Crippen molar-refractivity contribution in [2.45, 2.75) is 26.8 Å². The summed E-state index contributed by atoms with van der Waals surface area (Å²) in [6.45, 7) is 6.19. The molecule has 0 fully saturated rings. The summed E-state index contributed by atoms with van der Waals surface area (Å²) in [4.78, 5) is 0. The minimum absolute atomic E-state index is 0. The van der Waals surface area contributed by atoms with E-state index >= 15 is 0 Å². The molecular weight excluding hydrogens is 321 g/mol. The van der Waals surface area contributed by atoms with Crippen molar-refractivity contribution in [3.05, 3.63) is 41.1 Å². The summed E-state index contributed by atoms with van der Waals surface area (Å²) in [6.07, 6.45) is 1.17. The lowest BCUT2D eigenvalue weighted by atomic mass is 10.1. The third-order valence-electron chi connectivity index (χ3n) is 3.30. The molecule has 122 valence electrons. The van der Waals surface area contributed by atoms with E-state index in [1.54, 1.807) is 7.11 Å². The van der Waals surface area contributed by atoms with E-state index < -0.39 is 0 Å². The monoisotopic (exact) mass is 343 g/mol. The Labute approximate surface area is 143 Å². The molecule has 22 heavy (non-hydrogen) atoms. The molecule has 1 aromatic carbocycles. The highest BCUT2D eigenvalue weighted by Crippen LogP contribution is 2.31. The van der Waals surface area contributed by atoms with Crippen LogP contribution in [0.25, 0.3) is 11.3 Å². The molecule has 0 aliphatic heterocycles. The summed E-state index contributed by atoms with van der Waals surface area (Å²) in [7, 11) is 1.61. The van der Waals surface area contributed by atoms with Gasteiger partial charge >= 0.3 is 0 Å². The van der Waals surface area contributed by atoms with Crippen molar-refractivity contribution in [1.82, 2.24) is 5.32 Å². The first kappa shape index (κ1) is 18.9. The Morgan fingerprint density at radius 3 is 2.64 bits per heavy atom. The molecule has 2 aromatic rings. The molecule has 3 nitrogen and oxygen atoms in total. The second-order valence-electron chi connectivity index (χ2n) is 5.47. The standard InChI is InChI=1S/C17H22ClNO2.ClH/c1-12(2)8-9-19-11-14-5-7-16(21-14)13-4-6-17(20-3)15(18)10-13;/h4-7,10,12,19H,8-9,11H2,1-3H3;1H. The van der Waals surface area contributed by atoms with Crippen LogP contribution in [0, 0.1) is 5.92 Å². The summed E-state index contributed by atoms with van der Waals surface area (Å²) >= 11 is 6.14. The Hall–Kier alpha value is -1.16. The van der Waals surface area contributed by atoms with Gasteiger partial charge in [0.05, 0.1) is 18.7 Å². The molecule has 0 spiro atoms. The number of benzene rings is 1. The van der Waals surface area contributed by atoms with Crippen molar-refractivity contribution in [2.24, 2.45) is 5.92 Å². The first-order valence-electron chi connectivity index (χ1n) is 7.23. The van der Waals surface area contributed by atoms with Gasteiger partial charge in [-0.25, -0.2) is 0 Å². The Kier molecular flexibility index (Phi) is 7.80. The lowest BCUT2D eigenvalue weighted by Gasteiger charge is -2.05. The fourth-order valence-corrected chi connectivity index (χ4v) is 2.31. The van der Waals surface area contributed by atoms with Gasteiger partial charge in [-0.2, -0.15) is 0 Å². The molecule has 0 saturated carbocycles. The Bertz CT molecular complexity index is 582. The van der Waals surface area contributed by atoms with Crippen LogP contribution in [0.4, 0.5) is 0 Å². The number of methoxy groups -OCH3 is 1. The van der Waals surface area contributed by atoms with Gasteiger partial charge < -0.3 is 14.5 Å². The van der Waals surface area contributed by atoms with Crippen molar-refractivity contribution in [3.8, 4) is 17.1 Å². The van der Waals surface area contributed by atoms with Gasteiger partial charge in [-0.15, -0.1) is 12.4 Å². The third kappa shape index (κ3) is 5.24. The van der Waals surface area contributed by atoms with Gasteiger partial charge in [0, 0.05) is 5.56 Å². The fourth-order valence-electron chi connectivity index (χ4n) is 2.05. The lowest BCUT2D eigenvalue weighted by Crippen LogP contribution is -2.15. The zero-order chi connectivity index (χ0) is 15.2. The van der Waals surface area contributed by atoms with E-state index in [0.29, 0.717) is 16.7 Å². The highest BCUT2D eigenvalue weighted by molar-refractivity contribution is 6.32. The second-order valence-corrected chi connectivity index (χ2v) is 5.88. The van der Waals surface area contributed by atoms with Gasteiger partial charge in [0.1, 0.15) is 17.3 Å². The molecular formula is C17H23Cl2NO2. The van der Waals surface area contributed by atoms with Crippen LogP contribution in [-0.2, 0) is 6.54 Å². The molecule has 1 aromatic heterocycles. The number of furan rings is 1. The first-order valence-corrected chi connectivity index (χ1v) is 7.61. The maximum absolute atomic E-state index is 6.14. The molecule has 5 heteroatoms. The number of rotatable bonds is 7. The largest absolute Gasteiger partial charge is 0.495 e. The number of hydrogen-bond donors (Lipinski definition) is 1. The van der Waals surface area contributed by atoms with Crippen LogP contribution in [-0.4, -0.2) is 13.7 Å². The summed E-state index contributed by atoms with van der Waals surface area (Å²) < 4.78 is 11.0. The molecule has 0 atom stereocenters. The summed E-state index contributed by atoms with van der Waals surface area (Å²) in [6, 6.07) is 9.61. The van der Waals surface area contributed by atoms with Gasteiger partial charge in [-0.1, -0.05) is 25.4 Å². The average molecular weight is 344 g/mol. The van der Waals surface area contributed by atoms with Crippen molar-refractivity contribution >= 4 is 24.0 Å². The van der Waals surface area contributed by atoms with Crippen molar-refractivity contribution in [3.63, 3.8) is 0 Å². The van der Waals surface area contributed by atoms with Crippen LogP contribution < -0.4 is 10.1 Å². The van der Waals surface area contributed by atoms with Crippen LogP contribution in [0.15, 0.2) is 34.7 Å². The van der Waals surface area contributed by atoms with Gasteiger partial charge in [0.2, 0.25) is 0 Å². The molecule has 1 heterocycles. The minimum Gasteiger partial charge on any atom is -0.495 e. The maximum atomic E-state index is 6.14. The zero-order valence-electron chi connectivity index (χ0n) is 13.2. The zero-order valence-corrected chi connectivity index (χ0v) is 14.8. The number of nitrogens with one attached hydrogen (secondary N) is 1. The van der Waals surface area contributed by atoms with Crippen molar-refractivity contribution in [1.29, 1.82) is 0 Å². The molecule has 0 aliphatic rings. The second kappa shape index (κ2) is 9.09. The van der Waals surface area contributed by atoms with E-state index in [1.807, 2.05) is 30.3 Å². The first-order chi connectivity index (χ1) is 10.1. The lowest BCUT2D eigenvalue weighted by molar-refractivity contribution is 0.415. The van der Waals surface area contributed by atoms with Gasteiger partial charge in [0.25, 0.3) is 0 Å². The molecule has 0 saturated heterocycles. The average Bonchev–Trinajstić information content (AvgIpc) is 2.92. The fraction of sp³-hybridized carbons (Fsp3) is 0.412. The van der Waals surface area contributed by atoms with Crippen LogP contribution in [0.5, 0.6) is 5.75 Å². The molecule has 0 bridgehead atoms. The van der Waals surface area contributed by atoms with Crippen LogP contribution >= 0.6 is 24.0 Å². The normalized spacial score (nSPS) is 10.6. The molecule has 1 N–H and O–H groups in total. The molecule has 0 radical (unpaired) electrons. The van der Waals surface area contributed by atoms with E-state index in [0.717, 1.165) is 30.2 Å². The highest BCUT2D eigenvalue weighted by Gasteiger charge is 2.08. The van der Waals surface area contributed by atoms with Gasteiger partial charge in [-0.3, -0.25) is 0 Å². The topological polar surface area (TPSA) is 34.4 Å².